The maximum Gasteiger partial charge on any atom is 0.124 e. The fraction of sp³-hybridized carbons (Fsp3) is 0.316. The molecule has 0 saturated carbocycles. The fourth-order valence-electron chi connectivity index (χ4n) is 3.37. The van der Waals surface area contributed by atoms with E-state index in [1.165, 1.54) is 11.6 Å². The molecule has 1 aliphatic rings. The van der Waals surface area contributed by atoms with Crippen LogP contribution < -0.4 is 10.1 Å². The van der Waals surface area contributed by atoms with E-state index < -0.39 is 0 Å². The van der Waals surface area contributed by atoms with Crippen molar-refractivity contribution in [1.29, 1.82) is 0 Å². The fourth-order valence-corrected chi connectivity index (χ4v) is 4.39. The molecule has 1 aromatic heterocycles. The molecule has 1 saturated heterocycles. The number of piperazine rings is 1. The molecule has 1 N–H and O–H groups in total. The molecule has 3 aromatic rings. The third kappa shape index (κ3) is 3.38. The van der Waals surface area contributed by atoms with Gasteiger partial charge in [0.05, 0.1) is 29.9 Å². The Bertz CT molecular complexity index is 882. The molecule has 2 heterocycles. The maximum absolute atomic E-state index is 13.4. The Morgan fingerprint density at radius 2 is 2.20 bits per heavy atom. The van der Waals surface area contributed by atoms with Crippen LogP contribution in [0.5, 0.6) is 5.75 Å². The smallest absolute Gasteiger partial charge is 0.124 e. The van der Waals surface area contributed by atoms with Crippen LogP contribution in [0.1, 0.15) is 16.6 Å². The summed E-state index contributed by atoms with van der Waals surface area (Å²) in [6.45, 7) is 3.52. The van der Waals surface area contributed by atoms with Crippen molar-refractivity contribution in [1.82, 2.24) is 15.2 Å². The van der Waals surface area contributed by atoms with E-state index in [1.807, 2.05) is 18.2 Å². The summed E-state index contributed by atoms with van der Waals surface area (Å²) >= 11 is 1.57. The second-order valence-corrected chi connectivity index (χ2v) is 7.27. The molecule has 0 radical (unpaired) electrons. The summed E-state index contributed by atoms with van der Waals surface area (Å²) in [6.07, 6.45) is 0. The van der Waals surface area contributed by atoms with Crippen molar-refractivity contribution in [3.8, 4) is 5.75 Å². The van der Waals surface area contributed by atoms with Gasteiger partial charge in [-0.15, -0.1) is 11.3 Å². The lowest BCUT2D eigenvalue weighted by Crippen LogP contribution is -2.45. The molecule has 0 bridgehead atoms. The molecule has 1 fully saturated rings. The highest BCUT2D eigenvalue weighted by atomic mass is 32.1. The van der Waals surface area contributed by atoms with Crippen LogP contribution in [0.2, 0.25) is 0 Å². The van der Waals surface area contributed by atoms with E-state index in [0.717, 1.165) is 47.2 Å². The van der Waals surface area contributed by atoms with E-state index in [1.54, 1.807) is 30.6 Å². The topological polar surface area (TPSA) is 37.4 Å². The molecule has 6 heteroatoms. The Labute approximate surface area is 150 Å². The van der Waals surface area contributed by atoms with Crippen molar-refractivity contribution >= 4 is 21.6 Å². The number of rotatable bonds is 4. The lowest BCUT2D eigenvalue weighted by atomic mass is 10.0. The zero-order chi connectivity index (χ0) is 17.2. The third-order valence-electron chi connectivity index (χ3n) is 4.59. The van der Waals surface area contributed by atoms with Gasteiger partial charge in [-0.1, -0.05) is 18.2 Å². The lowest BCUT2D eigenvalue weighted by molar-refractivity contribution is 0.151. The van der Waals surface area contributed by atoms with Gasteiger partial charge in [-0.3, -0.25) is 4.90 Å². The van der Waals surface area contributed by atoms with Gasteiger partial charge in [0.1, 0.15) is 16.6 Å². The average molecular weight is 357 g/mol. The van der Waals surface area contributed by atoms with Crippen LogP contribution in [-0.4, -0.2) is 36.6 Å². The van der Waals surface area contributed by atoms with Gasteiger partial charge >= 0.3 is 0 Å². The van der Waals surface area contributed by atoms with Crippen molar-refractivity contribution in [2.24, 2.45) is 0 Å². The van der Waals surface area contributed by atoms with Gasteiger partial charge < -0.3 is 10.1 Å². The van der Waals surface area contributed by atoms with Crippen LogP contribution in [0, 0.1) is 5.82 Å². The van der Waals surface area contributed by atoms with Crippen molar-refractivity contribution in [3.63, 3.8) is 0 Å². The van der Waals surface area contributed by atoms with Crippen molar-refractivity contribution in [2.45, 2.75) is 12.6 Å². The summed E-state index contributed by atoms with van der Waals surface area (Å²) in [5.74, 6) is 0.698. The molecule has 130 valence electrons. The summed E-state index contributed by atoms with van der Waals surface area (Å²) in [4.78, 5) is 7.10. The number of methoxy groups -OCH3 is 1. The predicted molar refractivity (Wildman–Crippen MR) is 98.6 cm³/mol. The Morgan fingerprint density at radius 1 is 1.32 bits per heavy atom. The number of nitrogens with one attached hydrogen (secondary N) is 1. The van der Waals surface area contributed by atoms with Crippen LogP contribution in [0.25, 0.3) is 10.2 Å². The Balaban J connectivity index is 1.62. The minimum absolute atomic E-state index is 0.211. The second kappa shape index (κ2) is 7.07. The highest BCUT2D eigenvalue weighted by molar-refractivity contribution is 7.18. The zero-order valence-electron chi connectivity index (χ0n) is 14.0. The SMILES string of the molecule is COc1ccccc1C1CNCCN1Cc1nc2ccc(F)cc2s1. The first-order valence-electron chi connectivity index (χ1n) is 8.37. The van der Waals surface area contributed by atoms with Gasteiger partial charge in [0.2, 0.25) is 0 Å². The van der Waals surface area contributed by atoms with Crippen LogP contribution in [0.4, 0.5) is 4.39 Å². The Kier molecular flexibility index (Phi) is 4.65. The first-order chi connectivity index (χ1) is 12.2. The van der Waals surface area contributed by atoms with Gasteiger partial charge in [-0.05, 0) is 24.3 Å². The molecule has 2 aromatic carbocycles. The van der Waals surface area contributed by atoms with Gasteiger partial charge in [0.25, 0.3) is 0 Å². The average Bonchev–Trinajstić information content (AvgIpc) is 3.03. The molecular weight excluding hydrogens is 337 g/mol. The molecule has 1 aliphatic heterocycles. The number of thiazole rings is 1. The number of para-hydroxylation sites is 1. The van der Waals surface area contributed by atoms with Crippen LogP contribution in [-0.2, 0) is 6.54 Å². The van der Waals surface area contributed by atoms with Crippen LogP contribution in [0.15, 0.2) is 42.5 Å². The van der Waals surface area contributed by atoms with Crippen molar-refractivity contribution in [2.75, 3.05) is 26.7 Å². The van der Waals surface area contributed by atoms with E-state index in [0.29, 0.717) is 0 Å². The summed E-state index contributed by atoms with van der Waals surface area (Å²) in [5, 5.41) is 4.49. The molecule has 0 amide bonds. The molecule has 1 unspecified atom stereocenters. The minimum atomic E-state index is -0.211. The first-order valence-corrected chi connectivity index (χ1v) is 9.19. The van der Waals surface area contributed by atoms with Crippen molar-refractivity contribution in [3.05, 3.63) is 58.9 Å². The molecule has 1 atom stereocenters. The number of ether oxygens (including phenoxy) is 1. The van der Waals surface area contributed by atoms with E-state index in [2.05, 4.69) is 21.3 Å². The normalized spacial score (nSPS) is 18.6. The molecule has 0 spiro atoms. The Morgan fingerprint density at radius 3 is 3.08 bits per heavy atom. The zero-order valence-corrected chi connectivity index (χ0v) is 14.9. The number of hydrogen-bond acceptors (Lipinski definition) is 5. The second-order valence-electron chi connectivity index (χ2n) is 6.15. The highest BCUT2D eigenvalue weighted by Crippen LogP contribution is 2.32. The monoisotopic (exact) mass is 357 g/mol. The maximum atomic E-state index is 13.4. The van der Waals surface area contributed by atoms with Gasteiger partial charge in [0, 0.05) is 25.2 Å². The standard InChI is InChI=1S/C19H20FN3OS/c1-24-17-5-3-2-4-14(17)16-11-21-8-9-23(16)12-19-22-15-7-6-13(20)10-18(15)25-19/h2-7,10,16,21H,8-9,11-12H2,1H3. The number of halogens is 1. The third-order valence-corrected chi connectivity index (χ3v) is 5.59. The number of fused-ring (bicyclic) bond motifs is 1. The number of hydrogen-bond donors (Lipinski definition) is 1. The van der Waals surface area contributed by atoms with Crippen LogP contribution >= 0.6 is 11.3 Å². The number of benzene rings is 2. The highest BCUT2D eigenvalue weighted by Gasteiger charge is 2.27. The summed E-state index contributed by atoms with van der Waals surface area (Å²) in [6, 6.07) is 13.2. The summed E-state index contributed by atoms with van der Waals surface area (Å²) in [7, 11) is 1.71. The molecular formula is C19H20FN3OS. The first kappa shape index (κ1) is 16.4. The number of nitrogens with zero attached hydrogens (tertiary/aromatic N) is 2. The largest absolute Gasteiger partial charge is 0.496 e. The summed E-state index contributed by atoms with van der Waals surface area (Å²) in [5.41, 5.74) is 2.05. The van der Waals surface area contributed by atoms with E-state index >= 15 is 0 Å². The predicted octanol–water partition coefficient (Wildman–Crippen LogP) is 3.59. The van der Waals surface area contributed by atoms with E-state index in [4.69, 9.17) is 4.74 Å². The number of aromatic nitrogens is 1. The van der Waals surface area contributed by atoms with E-state index in [9.17, 15) is 4.39 Å². The van der Waals surface area contributed by atoms with Gasteiger partial charge in [0.15, 0.2) is 0 Å². The molecule has 4 rings (SSSR count). The van der Waals surface area contributed by atoms with Gasteiger partial charge in [-0.25, -0.2) is 9.37 Å². The minimum Gasteiger partial charge on any atom is -0.496 e. The molecule has 25 heavy (non-hydrogen) atoms. The summed E-state index contributed by atoms with van der Waals surface area (Å²) < 4.78 is 19.9. The molecule has 4 nitrogen and oxygen atoms in total. The van der Waals surface area contributed by atoms with Gasteiger partial charge in [-0.2, -0.15) is 0 Å². The molecule has 0 aliphatic carbocycles. The van der Waals surface area contributed by atoms with E-state index in [-0.39, 0.29) is 11.9 Å². The Hall–Kier alpha value is -2.02. The van der Waals surface area contributed by atoms with Crippen LogP contribution in [0.3, 0.4) is 0 Å². The van der Waals surface area contributed by atoms with Crippen molar-refractivity contribution < 1.29 is 9.13 Å². The lowest BCUT2D eigenvalue weighted by Gasteiger charge is -2.36. The quantitative estimate of drug-likeness (QED) is 0.774.